The number of aliphatic imine (C=N–C) groups is 1. The quantitative estimate of drug-likeness (QED) is 0.462. The van der Waals surface area contributed by atoms with E-state index in [1.54, 1.807) is 0 Å². The predicted octanol–water partition coefficient (Wildman–Crippen LogP) is 2.95. The van der Waals surface area contributed by atoms with Gasteiger partial charge in [0.1, 0.15) is 12.4 Å². The molecule has 0 bridgehead atoms. The van der Waals surface area contributed by atoms with Crippen molar-refractivity contribution in [1.29, 1.82) is 0 Å². The molecule has 5 heteroatoms. The number of hydrogen-bond acceptors (Lipinski definition) is 3. The molecule has 1 aliphatic rings. The third-order valence-corrected chi connectivity index (χ3v) is 4.22. The number of guanidine groups is 1. The fourth-order valence-corrected chi connectivity index (χ4v) is 2.98. The molecule has 0 spiro atoms. The fraction of sp³-hybridized carbons (Fsp3) is 0.450. The van der Waals surface area contributed by atoms with E-state index in [1.165, 1.54) is 5.39 Å². The molecular formula is C20H27N3O2. The molecule has 2 aromatic rings. The van der Waals surface area contributed by atoms with Crippen molar-refractivity contribution in [3.05, 3.63) is 42.5 Å². The largest absolute Gasteiger partial charge is 0.491 e. The van der Waals surface area contributed by atoms with Crippen LogP contribution in [0.25, 0.3) is 10.8 Å². The van der Waals surface area contributed by atoms with Gasteiger partial charge >= 0.3 is 0 Å². The molecule has 5 nitrogen and oxygen atoms in total. The van der Waals surface area contributed by atoms with Gasteiger partial charge in [-0.15, -0.1) is 0 Å². The highest BCUT2D eigenvalue weighted by Gasteiger charge is 2.14. The zero-order chi connectivity index (χ0) is 17.3. The molecule has 0 radical (unpaired) electrons. The Labute approximate surface area is 149 Å². The molecule has 1 heterocycles. The Morgan fingerprint density at radius 1 is 1.20 bits per heavy atom. The van der Waals surface area contributed by atoms with E-state index in [-0.39, 0.29) is 6.10 Å². The summed E-state index contributed by atoms with van der Waals surface area (Å²) >= 11 is 0. The van der Waals surface area contributed by atoms with Crippen molar-refractivity contribution in [2.24, 2.45) is 4.99 Å². The van der Waals surface area contributed by atoms with Crippen molar-refractivity contribution < 1.29 is 9.47 Å². The van der Waals surface area contributed by atoms with Crippen LogP contribution in [0.2, 0.25) is 0 Å². The number of benzene rings is 2. The van der Waals surface area contributed by atoms with Gasteiger partial charge in [0.2, 0.25) is 0 Å². The van der Waals surface area contributed by atoms with Crippen LogP contribution in [-0.2, 0) is 4.74 Å². The highest BCUT2D eigenvalue weighted by Crippen LogP contribution is 2.24. The van der Waals surface area contributed by atoms with Gasteiger partial charge in [0.25, 0.3) is 0 Å². The third kappa shape index (κ3) is 5.10. The van der Waals surface area contributed by atoms with E-state index in [0.29, 0.717) is 19.7 Å². The van der Waals surface area contributed by atoms with Crippen LogP contribution in [0.15, 0.2) is 47.5 Å². The minimum Gasteiger partial charge on any atom is -0.491 e. The van der Waals surface area contributed by atoms with Gasteiger partial charge in [-0.05, 0) is 31.2 Å². The first-order valence-electron chi connectivity index (χ1n) is 9.11. The van der Waals surface area contributed by atoms with Gasteiger partial charge in [-0.2, -0.15) is 0 Å². The number of rotatable bonds is 7. The van der Waals surface area contributed by atoms with Gasteiger partial charge in [-0.3, -0.25) is 4.99 Å². The van der Waals surface area contributed by atoms with Crippen molar-refractivity contribution in [1.82, 2.24) is 10.6 Å². The first-order chi connectivity index (χ1) is 12.4. The minimum atomic E-state index is 0.266. The summed E-state index contributed by atoms with van der Waals surface area (Å²) < 4.78 is 11.6. The average Bonchev–Trinajstić information content (AvgIpc) is 3.17. The Bertz CT molecular complexity index is 691. The van der Waals surface area contributed by atoms with Crippen LogP contribution in [0.1, 0.15) is 19.8 Å². The molecule has 0 aromatic heterocycles. The Morgan fingerprint density at radius 3 is 2.92 bits per heavy atom. The second-order valence-electron chi connectivity index (χ2n) is 6.11. The van der Waals surface area contributed by atoms with Crippen molar-refractivity contribution in [2.75, 3.05) is 32.8 Å². The molecule has 134 valence electrons. The topological polar surface area (TPSA) is 54.9 Å². The summed E-state index contributed by atoms with van der Waals surface area (Å²) in [6, 6.07) is 14.4. The van der Waals surface area contributed by atoms with Gasteiger partial charge in [0, 0.05) is 18.5 Å². The number of hydrogen-bond donors (Lipinski definition) is 2. The molecule has 2 aromatic carbocycles. The Morgan fingerprint density at radius 2 is 2.08 bits per heavy atom. The Balaban J connectivity index is 1.49. The van der Waals surface area contributed by atoms with Crippen molar-refractivity contribution in [2.45, 2.75) is 25.9 Å². The molecule has 1 saturated heterocycles. The van der Waals surface area contributed by atoms with Gasteiger partial charge < -0.3 is 20.1 Å². The standard InChI is InChI=1S/C20H27N3O2/c1-2-21-20(23-15-17-9-6-13-24-17)22-12-14-25-19-11-5-8-16-7-3-4-10-18(16)19/h3-5,7-8,10-11,17H,2,6,9,12-15H2,1H3,(H2,21,22,23). The van der Waals surface area contributed by atoms with Crippen LogP contribution in [0, 0.1) is 0 Å². The molecule has 0 amide bonds. The van der Waals surface area contributed by atoms with E-state index in [0.717, 1.165) is 43.1 Å². The number of fused-ring (bicyclic) bond motifs is 1. The number of nitrogens with zero attached hydrogens (tertiary/aromatic N) is 1. The summed E-state index contributed by atoms with van der Waals surface area (Å²) in [5.41, 5.74) is 0. The van der Waals surface area contributed by atoms with Crippen LogP contribution in [0.4, 0.5) is 0 Å². The lowest BCUT2D eigenvalue weighted by atomic mass is 10.1. The van der Waals surface area contributed by atoms with Crippen molar-refractivity contribution >= 4 is 16.7 Å². The summed E-state index contributed by atoms with van der Waals surface area (Å²) in [5, 5.41) is 8.92. The first-order valence-corrected chi connectivity index (χ1v) is 9.11. The summed E-state index contributed by atoms with van der Waals surface area (Å²) in [5.74, 6) is 1.74. The SMILES string of the molecule is CCNC(=NCC1CCCO1)NCCOc1cccc2ccccc12. The molecule has 1 aliphatic heterocycles. The maximum absolute atomic E-state index is 5.96. The maximum Gasteiger partial charge on any atom is 0.191 e. The second-order valence-corrected chi connectivity index (χ2v) is 6.11. The zero-order valence-electron chi connectivity index (χ0n) is 14.8. The molecule has 1 atom stereocenters. The Hall–Kier alpha value is -2.27. The van der Waals surface area contributed by atoms with E-state index in [4.69, 9.17) is 9.47 Å². The minimum absolute atomic E-state index is 0.266. The predicted molar refractivity (Wildman–Crippen MR) is 102 cm³/mol. The van der Waals surface area contributed by atoms with Crippen LogP contribution >= 0.6 is 0 Å². The van der Waals surface area contributed by atoms with Gasteiger partial charge in [-0.1, -0.05) is 36.4 Å². The van der Waals surface area contributed by atoms with E-state index in [9.17, 15) is 0 Å². The van der Waals surface area contributed by atoms with Crippen LogP contribution in [0.3, 0.4) is 0 Å². The maximum atomic E-state index is 5.96. The highest BCUT2D eigenvalue weighted by atomic mass is 16.5. The van der Waals surface area contributed by atoms with Gasteiger partial charge in [0.05, 0.1) is 19.2 Å². The molecule has 1 unspecified atom stereocenters. The summed E-state index contributed by atoms with van der Waals surface area (Å²) in [6.07, 6.45) is 2.51. The fourth-order valence-electron chi connectivity index (χ4n) is 2.98. The number of ether oxygens (including phenoxy) is 2. The van der Waals surface area contributed by atoms with E-state index >= 15 is 0 Å². The molecule has 3 rings (SSSR count). The zero-order valence-corrected chi connectivity index (χ0v) is 14.8. The summed E-state index contributed by atoms with van der Waals surface area (Å²) in [4.78, 5) is 4.60. The highest BCUT2D eigenvalue weighted by molar-refractivity contribution is 5.88. The van der Waals surface area contributed by atoms with Crippen LogP contribution in [0.5, 0.6) is 5.75 Å². The molecule has 0 aliphatic carbocycles. The Kier molecular flexibility index (Phi) is 6.51. The monoisotopic (exact) mass is 341 g/mol. The smallest absolute Gasteiger partial charge is 0.191 e. The van der Waals surface area contributed by atoms with E-state index < -0.39 is 0 Å². The van der Waals surface area contributed by atoms with Crippen LogP contribution < -0.4 is 15.4 Å². The third-order valence-electron chi connectivity index (χ3n) is 4.22. The van der Waals surface area contributed by atoms with Crippen LogP contribution in [-0.4, -0.2) is 44.9 Å². The van der Waals surface area contributed by atoms with Crippen molar-refractivity contribution in [3.63, 3.8) is 0 Å². The van der Waals surface area contributed by atoms with Gasteiger partial charge in [-0.25, -0.2) is 0 Å². The number of nitrogens with one attached hydrogen (secondary N) is 2. The molecule has 1 fully saturated rings. The lowest BCUT2D eigenvalue weighted by Gasteiger charge is -2.14. The first kappa shape index (κ1) is 17.5. The molecular weight excluding hydrogens is 314 g/mol. The lowest BCUT2D eigenvalue weighted by molar-refractivity contribution is 0.117. The normalized spacial score (nSPS) is 17.6. The van der Waals surface area contributed by atoms with Crippen molar-refractivity contribution in [3.8, 4) is 5.75 Å². The van der Waals surface area contributed by atoms with Gasteiger partial charge in [0.15, 0.2) is 5.96 Å². The molecule has 25 heavy (non-hydrogen) atoms. The summed E-state index contributed by atoms with van der Waals surface area (Å²) in [7, 11) is 0. The second kappa shape index (κ2) is 9.28. The molecule has 2 N–H and O–H groups in total. The lowest BCUT2D eigenvalue weighted by Crippen LogP contribution is -2.39. The molecule has 0 saturated carbocycles. The van der Waals surface area contributed by atoms with E-state index in [2.05, 4.69) is 40.7 Å². The summed E-state index contributed by atoms with van der Waals surface area (Å²) in [6.45, 7) is 5.75. The van der Waals surface area contributed by atoms with E-state index in [1.807, 2.05) is 24.3 Å². The average molecular weight is 341 g/mol.